The number of nitrogens with one attached hydrogen (secondary N) is 1. The Kier molecular flexibility index (Phi) is 8.18. The summed E-state index contributed by atoms with van der Waals surface area (Å²) in [5.74, 6) is 0.881. The van der Waals surface area contributed by atoms with E-state index < -0.39 is 5.60 Å². The van der Waals surface area contributed by atoms with E-state index in [4.69, 9.17) is 9.47 Å². The first-order chi connectivity index (χ1) is 14.9. The van der Waals surface area contributed by atoms with Crippen molar-refractivity contribution in [3.8, 4) is 5.75 Å². The number of hydrogen-bond donors (Lipinski definition) is 1. The van der Waals surface area contributed by atoms with Crippen LogP contribution in [0.4, 0.5) is 10.5 Å². The Morgan fingerprint density at radius 2 is 1.65 bits per heavy atom. The first-order valence-electron chi connectivity index (χ1n) is 11.1. The molecule has 0 unspecified atom stereocenters. The number of alkyl carbamates (subject to hydrolysis) is 1. The summed E-state index contributed by atoms with van der Waals surface area (Å²) in [6.07, 6.45) is 0.377. The molecule has 1 saturated heterocycles. The van der Waals surface area contributed by atoms with E-state index in [0.29, 0.717) is 13.2 Å². The molecule has 168 valence electrons. The maximum Gasteiger partial charge on any atom is 0.407 e. The Bertz CT molecular complexity index is 795. The predicted octanol–water partition coefficient (Wildman–Crippen LogP) is 3.95. The minimum Gasteiger partial charge on any atom is -0.492 e. The molecule has 0 bridgehead atoms. The van der Waals surface area contributed by atoms with Crippen molar-refractivity contribution in [2.24, 2.45) is 0 Å². The molecule has 1 aliphatic rings. The normalized spacial score (nSPS) is 14.9. The van der Waals surface area contributed by atoms with Gasteiger partial charge in [0.05, 0.1) is 0 Å². The number of benzene rings is 2. The van der Waals surface area contributed by atoms with E-state index in [-0.39, 0.29) is 6.09 Å². The lowest BCUT2D eigenvalue weighted by atomic mass is 10.1. The van der Waals surface area contributed by atoms with Gasteiger partial charge in [-0.15, -0.1) is 0 Å². The summed E-state index contributed by atoms with van der Waals surface area (Å²) in [5, 5.41) is 2.79. The third-order valence-corrected chi connectivity index (χ3v) is 5.18. The molecule has 1 fully saturated rings. The van der Waals surface area contributed by atoms with E-state index in [9.17, 15) is 4.79 Å². The molecule has 3 rings (SSSR count). The Hall–Kier alpha value is -2.73. The van der Waals surface area contributed by atoms with Crippen molar-refractivity contribution in [2.75, 3.05) is 50.8 Å². The molecule has 0 aromatic heterocycles. The van der Waals surface area contributed by atoms with Gasteiger partial charge in [-0.2, -0.15) is 0 Å². The zero-order chi connectivity index (χ0) is 22.1. The highest BCUT2D eigenvalue weighted by molar-refractivity contribution is 5.67. The first kappa shape index (κ1) is 22.9. The summed E-state index contributed by atoms with van der Waals surface area (Å²) in [7, 11) is 0. The van der Waals surface area contributed by atoms with Crippen molar-refractivity contribution in [3.05, 3.63) is 60.2 Å². The zero-order valence-corrected chi connectivity index (χ0v) is 19.0. The van der Waals surface area contributed by atoms with E-state index in [1.807, 2.05) is 45.0 Å². The fourth-order valence-corrected chi connectivity index (χ4v) is 3.54. The van der Waals surface area contributed by atoms with Crippen LogP contribution in [0.15, 0.2) is 54.6 Å². The van der Waals surface area contributed by atoms with Crippen LogP contribution in [-0.4, -0.2) is 62.5 Å². The number of nitrogens with zero attached hydrogens (tertiary/aromatic N) is 2. The summed E-state index contributed by atoms with van der Waals surface area (Å²) in [6.45, 7) is 12.0. The lowest BCUT2D eigenvalue weighted by Crippen LogP contribution is -2.47. The van der Waals surface area contributed by atoms with Gasteiger partial charge in [0.25, 0.3) is 0 Å². The second-order valence-electron chi connectivity index (χ2n) is 8.84. The van der Waals surface area contributed by atoms with Crippen molar-refractivity contribution >= 4 is 11.8 Å². The topological polar surface area (TPSA) is 54.0 Å². The lowest BCUT2D eigenvalue weighted by molar-refractivity contribution is 0.0528. The van der Waals surface area contributed by atoms with Crippen LogP contribution < -0.4 is 15.0 Å². The molecule has 2 aromatic rings. The van der Waals surface area contributed by atoms with E-state index in [1.54, 1.807) is 0 Å². The van der Waals surface area contributed by atoms with Crippen molar-refractivity contribution in [1.82, 2.24) is 10.2 Å². The van der Waals surface area contributed by atoms with Gasteiger partial charge in [-0.05, 0) is 57.0 Å². The molecule has 6 nitrogen and oxygen atoms in total. The van der Waals surface area contributed by atoms with Crippen molar-refractivity contribution < 1.29 is 14.3 Å². The molecule has 1 amide bonds. The molecule has 0 saturated carbocycles. The number of hydrogen-bond acceptors (Lipinski definition) is 5. The average molecular weight is 426 g/mol. The van der Waals surface area contributed by atoms with Gasteiger partial charge in [0, 0.05) is 45.0 Å². The van der Waals surface area contributed by atoms with Crippen LogP contribution in [0.25, 0.3) is 0 Å². The Balaban J connectivity index is 1.30. The molecular formula is C25H35N3O3. The quantitative estimate of drug-likeness (QED) is 0.694. The van der Waals surface area contributed by atoms with E-state index in [1.165, 1.54) is 5.69 Å². The van der Waals surface area contributed by atoms with Crippen LogP contribution in [0.5, 0.6) is 5.75 Å². The average Bonchev–Trinajstić information content (AvgIpc) is 2.75. The number of para-hydroxylation sites is 1. The number of rotatable bonds is 8. The number of anilines is 1. The monoisotopic (exact) mass is 425 g/mol. The Morgan fingerprint density at radius 3 is 2.29 bits per heavy atom. The Morgan fingerprint density at radius 1 is 0.968 bits per heavy atom. The predicted molar refractivity (Wildman–Crippen MR) is 125 cm³/mol. The number of carbonyl (C=O) groups excluding carboxylic acids is 1. The van der Waals surface area contributed by atoms with Crippen molar-refractivity contribution in [2.45, 2.75) is 32.8 Å². The highest BCUT2D eigenvalue weighted by atomic mass is 16.6. The first-order valence-corrected chi connectivity index (χ1v) is 11.1. The second-order valence-corrected chi connectivity index (χ2v) is 8.84. The maximum atomic E-state index is 11.7. The molecule has 6 heteroatoms. The molecule has 1 aliphatic heterocycles. The summed E-state index contributed by atoms with van der Waals surface area (Å²) in [4.78, 5) is 16.6. The lowest BCUT2D eigenvalue weighted by Gasteiger charge is -2.36. The molecule has 31 heavy (non-hydrogen) atoms. The van der Waals surface area contributed by atoms with Gasteiger partial charge < -0.3 is 19.7 Å². The van der Waals surface area contributed by atoms with Gasteiger partial charge in [-0.3, -0.25) is 4.90 Å². The number of ether oxygens (including phenoxy) is 2. The molecule has 1 N–H and O–H groups in total. The third-order valence-electron chi connectivity index (χ3n) is 5.18. The summed E-state index contributed by atoms with van der Waals surface area (Å²) in [6, 6.07) is 18.7. The van der Waals surface area contributed by atoms with Gasteiger partial charge in [-0.1, -0.05) is 30.3 Å². The van der Waals surface area contributed by atoms with E-state index in [0.717, 1.165) is 50.5 Å². The molecule has 2 aromatic carbocycles. The summed E-state index contributed by atoms with van der Waals surface area (Å²) < 4.78 is 11.2. The molecule has 0 spiro atoms. The summed E-state index contributed by atoms with van der Waals surface area (Å²) >= 11 is 0. The van der Waals surface area contributed by atoms with Crippen LogP contribution in [0.2, 0.25) is 0 Å². The number of amides is 1. The van der Waals surface area contributed by atoms with E-state index >= 15 is 0 Å². The molecular weight excluding hydrogens is 390 g/mol. The molecule has 1 heterocycles. The minimum atomic E-state index is -0.474. The van der Waals surface area contributed by atoms with Crippen LogP contribution in [0, 0.1) is 0 Å². The van der Waals surface area contributed by atoms with Crippen LogP contribution in [0.3, 0.4) is 0 Å². The molecule has 0 radical (unpaired) electrons. The smallest absolute Gasteiger partial charge is 0.407 e. The van der Waals surface area contributed by atoms with Gasteiger partial charge in [-0.25, -0.2) is 4.79 Å². The van der Waals surface area contributed by atoms with Crippen LogP contribution in [-0.2, 0) is 11.2 Å². The largest absolute Gasteiger partial charge is 0.492 e. The number of carbonyl (C=O) groups is 1. The molecule has 0 atom stereocenters. The van der Waals surface area contributed by atoms with Crippen molar-refractivity contribution in [3.63, 3.8) is 0 Å². The van der Waals surface area contributed by atoms with Gasteiger partial charge in [0.15, 0.2) is 0 Å². The van der Waals surface area contributed by atoms with E-state index in [2.05, 4.69) is 45.4 Å². The minimum absolute atomic E-state index is 0.378. The van der Waals surface area contributed by atoms with Crippen LogP contribution in [0.1, 0.15) is 26.3 Å². The van der Waals surface area contributed by atoms with Gasteiger partial charge >= 0.3 is 6.09 Å². The zero-order valence-electron chi connectivity index (χ0n) is 19.0. The van der Waals surface area contributed by atoms with Gasteiger partial charge in [0.1, 0.15) is 18.0 Å². The number of piperazine rings is 1. The third kappa shape index (κ3) is 8.13. The van der Waals surface area contributed by atoms with Crippen molar-refractivity contribution in [1.29, 1.82) is 0 Å². The van der Waals surface area contributed by atoms with Gasteiger partial charge in [0.2, 0.25) is 0 Å². The SMILES string of the molecule is CC(C)(C)OC(=O)NCCc1ccc(OCCN2CCN(c3ccccc3)CC2)cc1. The second kappa shape index (κ2) is 11.0. The standard InChI is InChI=1S/C25H35N3O3/c1-25(2,3)31-24(29)26-14-13-21-9-11-23(12-10-21)30-20-19-27-15-17-28(18-16-27)22-7-5-4-6-8-22/h4-12H,13-20H2,1-3H3,(H,26,29). The maximum absolute atomic E-state index is 11.7. The molecule has 0 aliphatic carbocycles. The Labute approximate surface area is 186 Å². The highest BCUT2D eigenvalue weighted by Gasteiger charge is 2.17. The fraction of sp³-hybridized carbons (Fsp3) is 0.480. The highest BCUT2D eigenvalue weighted by Crippen LogP contribution is 2.16. The fourth-order valence-electron chi connectivity index (χ4n) is 3.54. The summed E-state index contributed by atoms with van der Waals surface area (Å²) in [5.41, 5.74) is 1.98. The van der Waals surface area contributed by atoms with Crippen LogP contribution >= 0.6 is 0 Å².